The fraction of sp³-hybridized carbons (Fsp3) is 0.296. The van der Waals surface area contributed by atoms with E-state index in [9.17, 15) is 19.2 Å². The van der Waals surface area contributed by atoms with Crippen molar-refractivity contribution in [1.29, 1.82) is 0 Å². The molecule has 192 valence electrons. The lowest BCUT2D eigenvalue weighted by Crippen LogP contribution is -2.48. The van der Waals surface area contributed by atoms with Crippen molar-refractivity contribution in [3.8, 4) is 0 Å². The zero-order valence-electron chi connectivity index (χ0n) is 20.5. The summed E-state index contributed by atoms with van der Waals surface area (Å²) in [4.78, 5) is 57.6. The molecule has 1 aliphatic heterocycles. The van der Waals surface area contributed by atoms with Crippen LogP contribution in [0.2, 0.25) is 0 Å². The number of carbonyl (C=O) groups is 3. The topological polar surface area (TPSA) is 128 Å². The van der Waals surface area contributed by atoms with Gasteiger partial charge in [-0.3, -0.25) is 19.3 Å². The highest BCUT2D eigenvalue weighted by atomic mass is 16.6. The summed E-state index contributed by atoms with van der Waals surface area (Å²) in [6, 6.07) is 18.0. The summed E-state index contributed by atoms with van der Waals surface area (Å²) in [5, 5.41) is 0. The van der Waals surface area contributed by atoms with Gasteiger partial charge in [0, 0.05) is 44.0 Å². The molecule has 10 heteroatoms. The molecule has 2 heterocycles. The molecule has 1 aromatic heterocycles. The molecule has 0 unspecified atom stereocenters. The van der Waals surface area contributed by atoms with Gasteiger partial charge >= 0.3 is 17.6 Å². The molecule has 0 saturated carbocycles. The van der Waals surface area contributed by atoms with E-state index in [-0.39, 0.29) is 18.8 Å². The summed E-state index contributed by atoms with van der Waals surface area (Å²) in [6.45, 7) is 2.44. The second kappa shape index (κ2) is 11.6. The molecule has 0 aliphatic carbocycles. The van der Waals surface area contributed by atoms with Crippen LogP contribution in [0.4, 0.5) is 5.82 Å². The first-order valence-electron chi connectivity index (χ1n) is 11.8. The third-order valence-electron chi connectivity index (χ3n) is 5.76. The van der Waals surface area contributed by atoms with Gasteiger partial charge in [-0.15, -0.1) is 0 Å². The average molecular weight is 506 g/mol. The molecule has 0 bridgehead atoms. The van der Waals surface area contributed by atoms with Gasteiger partial charge in [-0.1, -0.05) is 48.5 Å². The third kappa shape index (κ3) is 6.47. The van der Waals surface area contributed by atoms with Gasteiger partial charge in [-0.05, 0) is 17.7 Å². The van der Waals surface area contributed by atoms with Crippen LogP contribution in [-0.2, 0) is 30.2 Å². The molecular formula is C27H27N3O7. The van der Waals surface area contributed by atoms with Crippen molar-refractivity contribution >= 4 is 23.7 Å². The normalized spacial score (nSPS) is 18.7. The molecule has 0 radical (unpaired) electrons. The average Bonchev–Trinajstić information content (AvgIpc) is 3.27. The fourth-order valence-electron chi connectivity index (χ4n) is 4.20. The molecule has 37 heavy (non-hydrogen) atoms. The predicted molar refractivity (Wildman–Crippen MR) is 133 cm³/mol. The molecule has 1 saturated heterocycles. The van der Waals surface area contributed by atoms with E-state index in [1.165, 1.54) is 24.9 Å². The van der Waals surface area contributed by atoms with Crippen molar-refractivity contribution in [3.05, 3.63) is 94.0 Å². The van der Waals surface area contributed by atoms with Crippen molar-refractivity contribution < 1.29 is 28.6 Å². The fourth-order valence-corrected chi connectivity index (χ4v) is 4.20. The van der Waals surface area contributed by atoms with Gasteiger partial charge in [0.05, 0.1) is 6.10 Å². The quantitative estimate of drug-likeness (QED) is 0.463. The third-order valence-corrected chi connectivity index (χ3v) is 5.76. The van der Waals surface area contributed by atoms with Gasteiger partial charge in [-0.25, -0.2) is 4.79 Å². The van der Waals surface area contributed by atoms with Gasteiger partial charge in [0.15, 0.2) is 6.23 Å². The Morgan fingerprint density at radius 3 is 2.35 bits per heavy atom. The number of rotatable bonds is 8. The van der Waals surface area contributed by atoms with Crippen LogP contribution in [0.1, 0.15) is 41.8 Å². The monoisotopic (exact) mass is 505 g/mol. The highest BCUT2D eigenvalue weighted by Gasteiger charge is 2.45. The van der Waals surface area contributed by atoms with Crippen LogP contribution in [0.3, 0.4) is 0 Å². The van der Waals surface area contributed by atoms with Crippen LogP contribution in [0.5, 0.6) is 0 Å². The Hall–Kier alpha value is -4.31. The van der Waals surface area contributed by atoms with Crippen LogP contribution in [0, 0.1) is 0 Å². The van der Waals surface area contributed by atoms with E-state index in [0.717, 1.165) is 5.56 Å². The van der Waals surface area contributed by atoms with E-state index >= 15 is 0 Å². The Morgan fingerprint density at radius 2 is 1.70 bits per heavy atom. The zero-order valence-corrected chi connectivity index (χ0v) is 20.5. The maximum absolute atomic E-state index is 13.9. The largest absolute Gasteiger partial charge is 0.463 e. The predicted octanol–water partition coefficient (Wildman–Crippen LogP) is 2.62. The van der Waals surface area contributed by atoms with Gasteiger partial charge in [0.2, 0.25) is 0 Å². The first-order valence-corrected chi connectivity index (χ1v) is 11.8. The Labute approximate surface area is 213 Å². The van der Waals surface area contributed by atoms with Gasteiger partial charge in [0.25, 0.3) is 5.91 Å². The molecule has 3 aromatic rings. The van der Waals surface area contributed by atoms with Crippen LogP contribution >= 0.6 is 0 Å². The van der Waals surface area contributed by atoms with Crippen molar-refractivity contribution in [3.63, 3.8) is 0 Å². The summed E-state index contributed by atoms with van der Waals surface area (Å²) in [6.07, 6.45) is -0.621. The van der Waals surface area contributed by atoms with Crippen molar-refractivity contribution in [2.45, 2.75) is 45.1 Å². The second-order valence-electron chi connectivity index (χ2n) is 8.59. The molecular weight excluding hydrogens is 478 g/mol. The molecule has 1 N–H and O–H groups in total. The summed E-state index contributed by atoms with van der Waals surface area (Å²) >= 11 is 0. The number of benzene rings is 2. The molecule has 3 atom stereocenters. The molecule has 1 fully saturated rings. The molecule has 4 rings (SSSR count). The van der Waals surface area contributed by atoms with Crippen LogP contribution in [0.25, 0.3) is 0 Å². The number of H-pyrrole nitrogens is 1. The number of nitrogens with one attached hydrogen (secondary N) is 1. The standard InChI is InChI=1S/C27H27N3O7/c1-17(31)35-16-22-14-23(36-18(2)32)26(37-22)30(25(33)20-11-7-4-8-12-20)24-21(15-28-27(34)29-24)13-19-9-5-3-6-10-19/h3-12,15,22-23,26H,13-14,16H2,1-2H3,(H,28,29,34)/t22-,23+,26+/m0/s1. The van der Waals surface area contributed by atoms with Crippen molar-refractivity contribution in [1.82, 2.24) is 9.97 Å². The number of hydrogen-bond acceptors (Lipinski definition) is 8. The Morgan fingerprint density at radius 1 is 1.03 bits per heavy atom. The highest BCUT2D eigenvalue weighted by Crippen LogP contribution is 2.32. The van der Waals surface area contributed by atoms with E-state index in [1.54, 1.807) is 30.3 Å². The highest BCUT2D eigenvalue weighted by molar-refractivity contribution is 6.06. The lowest BCUT2D eigenvalue weighted by Gasteiger charge is -2.32. The second-order valence-corrected chi connectivity index (χ2v) is 8.59. The molecule has 1 aliphatic rings. The smallest absolute Gasteiger partial charge is 0.346 e. The Kier molecular flexibility index (Phi) is 8.09. The number of aromatic nitrogens is 2. The SMILES string of the molecule is CC(=O)OC[C@@H]1C[C@@H](OC(C)=O)[C@H](N(C(=O)c2ccccc2)c2nc(=O)[nH]cc2Cc2ccccc2)O1. The minimum atomic E-state index is -1.12. The first kappa shape index (κ1) is 25.8. The maximum atomic E-state index is 13.9. The van der Waals surface area contributed by atoms with E-state index in [0.29, 0.717) is 17.5 Å². The summed E-state index contributed by atoms with van der Waals surface area (Å²) in [5.74, 6) is -1.48. The van der Waals surface area contributed by atoms with Crippen LogP contribution < -0.4 is 10.6 Å². The number of esters is 2. The zero-order chi connectivity index (χ0) is 26.4. The van der Waals surface area contributed by atoms with Crippen molar-refractivity contribution in [2.24, 2.45) is 0 Å². The van der Waals surface area contributed by atoms with Gasteiger partial charge in [-0.2, -0.15) is 4.98 Å². The number of aromatic amines is 1. The van der Waals surface area contributed by atoms with E-state index < -0.39 is 42.0 Å². The molecule has 1 amide bonds. The number of nitrogens with zero attached hydrogens (tertiary/aromatic N) is 2. The van der Waals surface area contributed by atoms with E-state index in [1.807, 2.05) is 30.3 Å². The lowest BCUT2D eigenvalue weighted by molar-refractivity contribution is -0.149. The molecule has 10 nitrogen and oxygen atoms in total. The molecule has 2 aromatic carbocycles. The summed E-state index contributed by atoms with van der Waals surface area (Å²) < 4.78 is 16.8. The van der Waals surface area contributed by atoms with E-state index in [2.05, 4.69) is 9.97 Å². The number of ether oxygens (including phenoxy) is 3. The van der Waals surface area contributed by atoms with Gasteiger partial charge in [0.1, 0.15) is 18.5 Å². The molecule has 0 spiro atoms. The van der Waals surface area contributed by atoms with Gasteiger partial charge < -0.3 is 19.2 Å². The van der Waals surface area contributed by atoms with Crippen LogP contribution in [0.15, 0.2) is 71.7 Å². The number of carbonyl (C=O) groups excluding carboxylic acids is 3. The number of hydrogen-bond donors (Lipinski definition) is 1. The summed E-state index contributed by atoms with van der Waals surface area (Å²) in [5.41, 5.74) is 1.16. The van der Waals surface area contributed by atoms with E-state index in [4.69, 9.17) is 14.2 Å². The number of amides is 1. The Balaban J connectivity index is 1.80. The lowest BCUT2D eigenvalue weighted by atomic mass is 10.1. The van der Waals surface area contributed by atoms with Crippen molar-refractivity contribution in [2.75, 3.05) is 11.5 Å². The van der Waals surface area contributed by atoms with Crippen LogP contribution in [-0.4, -0.2) is 52.9 Å². The minimum Gasteiger partial charge on any atom is -0.463 e. The summed E-state index contributed by atoms with van der Waals surface area (Å²) in [7, 11) is 0. The first-order chi connectivity index (χ1) is 17.8. The number of anilines is 1. The Bertz CT molecular complexity index is 1310. The minimum absolute atomic E-state index is 0.0803. The maximum Gasteiger partial charge on any atom is 0.346 e.